The van der Waals surface area contributed by atoms with E-state index in [1.807, 2.05) is 0 Å². The van der Waals surface area contributed by atoms with Crippen molar-refractivity contribution in [3.05, 3.63) is 53.9 Å². The van der Waals surface area contributed by atoms with Crippen LogP contribution in [0.3, 0.4) is 0 Å². The van der Waals surface area contributed by atoms with E-state index < -0.39 is 11.7 Å². The average Bonchev–Trinajstić information content (AvgIpc) is 3.43. The number of tetrazole rings is 1. The van der Waals surface area contributed by atoms with E-state index in [2.05, 4.69) is 25.6 Å². The van der Waals surface area contributed by atoms with Gasteiger partial charge in [0.25, 0.3) is 5.89 Å². The Hall–Kier alpha value is -3.96. The third-order valence-corrected chi connectivity index (χ3v) is 4.29. The SMILES string of the molecule is COc1ccc(-c2noc(Cn3nnc(-c4cccc(C(F)(F)F)c4)n3)n2)cc1OC. The lowest BCUT2D eigenvalue weighted by Crippen LogP contribution is -2.05. The Morgan fingerprint density at radius 1 is 0.968 bits per heavy atom. The van der Waals surface area contributed by atoms with E-state index in [-0.39, 0.29) is 23.8 Å². The van der Waals surface area contributed by atoms with Gasteiger partial charge in [0.1, 0.15) is 6.54 Å². The van der Waals surface area contributed by atoms with Gasteiger partial charge in [-0.05, 0) is 35.5 Å². The summed E-state index contributed by atoms with van der Waals surface area (Å²) in [6.45, 7) is -0.00769. The maximum atomic E-state index is 12.9. The predicted molar refractivity (Wildman–Crippen MR) is 100 cm³/mol. The molecule has 0 saturated heterocycles. The molecular weight excluding hydrogens is 417 g/mol. The Labute approximate surface area is 173 Å². The number of hydrogen-bond acceptors (Lipinski definition) is 8. The van der Waals surface area contributed by atoms with Crippen LogP contribution >= 0.6 is 0 Å². The van der Waals surface area contributed by atoms with Crippen molar-refractivity contribution < 1.29 is 27.2 Å². The highest BCUT2D eigenvalue weighted by Crippen LogP contribution is 2.32. The molecule has 0 unspecified atom stereocenters. The third-order valence-electron chi connectivity index (χ3n) is 4.29. The van der Waals surface area contributed by atoms with Crippen molar-refractivity contribution in [2.75, 3.05) is 14.2 Å². The second-order valence-electron chi connectivity index (χ2n) is 6.30. The molecule has 0 atom stereocenters. The van der Waals surface area contributed by atoms with Gasteiger partial charge in [-0.2, -0.15) is 23.0 Å². The van der Waals surface area contributed by atoms with Gasteiger partial charge >= 0.3 is 6.18 Å². The molecule has 0 amide bonds. The molecule has 4 rings (SSSR count). The quantitative estimate of drug-likeness (QED) is 0.457. The summed E-state index contributed by atoms with van der Waals surface area (Å²) < 4.78 is 54.4. The van der Waals surface area contributed by atoms with E-state index in [4.69, 9.17) is 14.0 Å². The maximum Gasteiger partial charge on any atom is 0.416 e. The van der Waals surface area contributed by atoms with Crippen molar-refractivity contribution in [3.63, 3.8) is 0 Å². The standard InChI is InChI=1S/C19H15F3N6O3/c1-29-14-7-6-12(9-15(14)30-2)17-23-16(31-26-17)10-28-25-18(24-27-28)11-4-3-5-13(8-11)19(20,21)22/h3-9H,10H2,1-2H3. The summed E-state index contributed by atoms with van der Waals surface area (Å²) in [6.07, 6.45) is -4.46. The number of ether oxygens (including phenoxy) is 2. The highest BCUT2D eigenvalue weighted by molar-refractivity contribution is 5.60. The number of rotatable bonds is 6. The summed E-state index contributed by atoms with van der Waals surface area (Å²) in [7, 11) is 3.05. The number of hydrogen-bond donors (Lipinski definition) is 0. The second kappa shape index (κ2) is 8.05. The molecule has 2 heterocycles. The van der Waals surface area contributed by atoms with Crippen LogP contribution in [0, 0.1) is 0 Å². The number of benzene rings is 2. The lowest BCUT2D eigenvalue weighted by Gasteiger charge is -2.07. The van der Waals surface area contributed by atoms with E-state index >= 15 is 0 Å². The van der Waals surface area contributed by atoms with Crippen LogP contribution in [0.2, 0.25) is 0 Å². The number of aromatic nitrogens is 6. The molecule has 0 spiro atoms. The minimum Gasteiger partial charge on any atom is -0.493 e. The van der Waals surface area contributed by atoms with Crippen LogP contribution in [0.4, 0.5) is 13.2 Å². The van der Waals surface area contributed by atoms with Gasteiger partial charge in [-0.15, -0.1) is 10.2 Å². The van der Waals surface area contributed by atoms with E-state index in [9.17, 15) is 13.2 Å². The molecule has 0 saturated carbocycles. The molecule has 31 heavy (non-hydrogen) atoms. The topological polar surface area (TPSA) is 101 Å². The number of alkyl halides is 3. The third kappa shape index (κ3) is 4.32. The van der Waals surface area contributed by atoms with E-state index in [0.717, 1.165) is 16.9 Å². The first-order chi connectivity index (χ1) is 14.9. The first kappa shape index (κ1) is 20.3. The molecule has 2 aromatic heterocycles. The highest BCUT2D eigenvalue weighted by atomic mass is 19.4. The molecule has 0 aliphatic heterocycles. The van der Waals surface area contributed by atoms with Gasteiger partial charge in [0.05, 0.1) is 19.8 Å². The molecule has 2 aromatic carbocycles. The number of halogens is 3. The molecule has 0 aliphatic carbocycles. The Morgan fingerprint density at radius 2 is 1.74 bits per heavy atom. The summed E-state index contributed by atoms with van der Waals surface area (Å²) in [4.78, 5) is 5.44. The van der Waals surface area contributed by atoms with Gasteiger partial charge in [-0.3, -0.25) is 0 Å². The monoisotopic (exact) mass is 432 g/mol. The van der Waals surface area contributed by atoms with Crippen molar-refractivity contribution in [2.45, 2.75) is 12.7 Å². The van der Waals surface area contributed by atoms with Crippen LogP contribution in [0.5, 0.6) is 11.5 Å². The molecule has 4 aromatic rings. The van der Waals surface area contributed by atoms with Gasteiger partial charge in [0.2, 0.25) is 11.6 Å². The minimum absolute atomic E-state index is 0.00769. The first-order valence-corrected chi connectivity index (χ1v) is 8.88. The lowest BCUT2D eigenvalue weighted by molar-refractivity contribution is -0.137. The van der Waals surface area contributed by atoms with E-state index in [1.165, 1.54) is 26.4 Å². The molecule has 160 valence electrons. The average molecular weight is 432 g/mol. The Balaban J connectivity index is 1.52. The zero-order valence-corrected chi connectivity index (χ0v) is 16.3. The molecule has 9 nitrogen and oxygen atoms in total. The molecule has 0 bridgehead atoms. The Morgan fingerprint density at radius 3 is 2.48 bits per heavy atom. The van der Waals surface area contributed by atoms with Gasteiger partial charge in [0, 0.05) is 11.1 Å². The lowest BCUT2D eigenvalue weighted by atomic mass is 10.1. The van der Waals surface area contributed by atoms with Gasteiger partial charge in [0.15, 0.2) is 11.5 Å². The number of nitrogens with zero attached hydrogens (tertiary/aromatic N) is 6. The van der Waals surface area contributed by atoms with Crippen LogP contribution in [-0.2, 0) is 12.7 Å². The smallest absolute Gasteiger partial charge is 0.416 e. The first-order valence-electron chi connectivity index (χ1n) is 8.88. The summed E-state index contributed by atoms with van der Waals surface area (Å²) >= 11 is 0. The zero-order chi connectivity index (χ0) is 22.0. The van der Waals surface area contributed by atoms with Crippen LogP contribution in [0.1, 0.15) is 11.5 Å². The van der Waals surface area contributed by atoms with E-state index in [1.54, 1.807) is 18.2 Å². The van der Waals surface area contributed by atoms with Gasteiger partial charge in [-0.25, -0.2) is 0 Å². The summed E-state index contributed by atoms with van der Waals surface area (Å²) in [6, 6.07) is 9.85. The number of methoxy groups -OCH3 is 2. The molecule has 0 aliphatic rings. The van der Waals surface area contributed by atoms with Crippen LogP contribution < -0.4 is 9.47 Å². The second-order valence-corrected chi connectivity index (χ2v) is 6.30. The van der Waals surface area contributed by atoms with Crippen LogP contribution in [-0.4, -0.2) is 44.6 Å². The van der Waals surface area contributed by atoms with Crippen molar-refractivity contribution in [1.82, 2.24) is 30.3 Å². The molecular formula is C19H15F3N6O3. The molecule has 0 radical (unpaired) electrons. The van der Waals surface area contributed by atoms with Crippen molar-refractivity contribution in [3.8, 4) is 34.3 Å². The Bertz CT molecular complexity index is 1200. The highest BCUT2D eigenvalue weighted by Gasteiger charge is 2.30. The van der Waals surface area contributed by atoms with Crippen LogP contribution in [0.15, 0.2) is 47.0 Å². The van der Waals surface area contributed by atoms with Crippen molar-refractivity contribution in [2.24, 2.45) is 0 Å². The van der Waals surface area contributed by atoms with Gasteiger partial charge < -0.3 is 14.0 Å². The summed E-state index contributed by atoms with van der Waals surface area (Å²) in [5, 5.41) is 15.7. The minimum atomic E-state index is -4.46. The summed E-state index contributed by atoms with van der Waals surface area (Å²) in [5.41, 5.74) is 0.0410. The fourth-order valence-corrected chi connectivity index (χ4v) is 2.79. The molecule has 12 heteroatoms. The molecule has 0 fully saturated rings. The van der Waals surface area contributed by atoms with E-state index in [0.29, 0.717) is 22.9 Å². The predicted octanol–water partition coefficient (Wildman–Crippen LogP) is 3.47. The van der Waals surface area contributed by atoms with Crippen LogP contribution in [0.25, 0.3) is 22.8 Å². The zero-order valence-electron chi connectivity index (χ0n) is 16.3. The fraction of sp³-hybridized carbons (Fsp3) is 0.211. The normalized spacial score (nSPS) is 11.5. The molecule has 0 N–H and O–H groups in total. The fourth-order valence-electron chi connectivity index (χ4n) is 2.79. The largest absolute Gasteiger partial charge is 0.493 e. The Kier molecular flexibility index (Phi) is 5.28. The van der Waals surface area contributed by atoms with Crippen molar-refractivity contribution in [1.29, 1.82) is 0 Å². The maximum absolute atomic E-state index is 12.9. The van der Waals surface area contributed by atoms with Crippen molar-refractivity contribution >= 4 is 0 Å². The van der Waals surface area contributed by atoms with Gasteiger partial charge in [-0.1, -0.05) is 17.3 Å². The summed E-state index contributed by atoms with van der Waals surface area (Å²) in [5.74, 6) is 1.62.